The highest BCUT2D eigenvalue weighted by Gasteiger charge is 2.11. The third-order valence-corrected chi connectivity index (χ3v) is 3.63. The van der Waals surface area contributed by atoms with Crippen LogP contribution in [0.4, 0.5) is 15.6 Å². The molecule has 0 bridgehead atoms. The molecule has 0 fully saturated rings. The van der Waals surface area contributed by atoms with Gasteiger partial charge in [-0.3, -0.25) is 5.32 Å². The summed E-state index contributed by atoms with van der Waals surface area (Å²) in [6.45, 7) is 4.36. The molecule has 0 atom stereocenters. The third kappa shape index (κ3) is 3.23. The van der Waals surface area contributed by atoms with E-state index in [1.54, 1.807) is 0 Å². The molecular formula is C13H16N4OS. The molecule has 0 saturated carbocycles. The zero-order valence-corrected chi connectivity index (χ0v) is 11.7. The molecule has 19 heavy (non-hydrogen) atoms. The number of hydrogen-bond donors (Lipinski definition) is 3. The molecular weight excluding hydrogens is 260 g/mol. The van der Waals surface area contributed by atoms with E-state index in [2.05, 4.69) is 15.6 Å². The van der Waals surface area contributed by atoms with Crippen molar-refractivity contribution in [2.75, 3.05) is 17.6 Å². The van der Waals surface area contributed by atoms with E-state index in [0.29, 0.717) is 17.4 Å². The van der Waals surface area contributed by atoms with E-state index in [0.717, 1.165) is 16.1 Å². The number of nitrogens with one attached hydrogen (secondary N) is 2. The molecule has 0 radical (unpaired) electrons. The fourth-order valence-corrected chi connectivity index (χ4v) is 2.66. The first-order valence-corrected chi connectivity index (χ1v) is 6.80. The average molecular weight is 276 g/mol. The van der Waals surface area contributed by atoms with Crippen LogP contribution in [0.1, 0.15) is 12.6 Å². The normalized spacial score (nSPS) is 10.2. The van der Waals surface area contributed by atoms with Crippen molar-refractivity contribution >= 4 is 28.2 Å². The van der Waals surface area contributed by atoms with Crippen LogP contribution in [0.25, 0.3) is 10.4 Å². The summed E-state index contributed by atoms with van der Waals surface area (Å²) in [6.07, 6.45) is 0. The topological polar surface area (TPSA) is 80.0 Å². The van der Waals surface area contributed by atoms with Crippen molar-refractivity contribution in [3.8, 4) is 10.4 Å². The molecule has 2 rings (SSSR count). The van der Waals surface area contributed by atoms with Crippen LogP contribution in [0, 0.1) is 6.92 Å². The molecule has 2 amide bonds. The number of benzene rings is 1. The van der Waals surface area contributed by atoms with E-state index in [1.807, 2.05) is 38.1 Å². The smallest absolute Gasteiger partial charge is 0.321 e. The van der Waals surface area contributed by atoms with Gasteiger partial charge in [-0.05, 0) is 31.5 Å². The van der Waals surface area contributed by atoms with Crippen molar-refractivity contribution in [3.63, 3.8) is 0 Å². The highest BCUT2D eigenvalue weighted by molar-refractivity contribution is 7.19. The van der Waals surface area contributed by atoms with E-state index >= 15 is 0 Å². The lowest BCUT2D eigenvalue weighted by molar-refractivity contribution is 0.252. The van der Waals surface area contributed by atoms with E-state index in [9.17, 15) is 4.79 Å². The van der Waals surface area contributed by atoms with Crippen LogP contribution in [0.5, 0.6) is 0 Å². The van der Waals surface area contributed by atoms with Gasteiger partial charge in [0.2, 0.25) is 0 Å². The first-order chi connectivity index (χ1) is 9.10. The quantitative estimate of drug-likeness (QED) is 0.754. The summed E-state index contributed by atoms with van der Waals surface area (Å²) in [5, 5.41) is 5.97. The van der Waals surface area contributed by atoms with Crippen molar-refractivity contribution in [1.29, 1.82) is 0 Å². The number of thiazole rings is 1. The SMILES string of the molecule is CCNC(=O)Nc1nc(C)c(-c2cccc(N)c2)s1. The van der Waals surface area contributed by atoms with Gasteiger partial charge in [0.1, 0.15) is 0 Å². The zero-order chi connectivity index (χ0) is 13.8. The fraction of sp³-hybridized carbons (Fsp3) is 0.231. The molecule has 0 unspecified atom stereocenters. The zero-order valence-electron chi connectivity index (χ0n) is 10.9. The van der Waals surface area contributed by atoms with Gasteiger partial charge >= 0.3 is 6.03 Å². The maximum Gasteiger partial charge on any atom is 0.321 e. The number of carbonyl (C=O) groups excluding carboxylic acids is 1. The summed E-state index contributed by atoms with van der Waals surface area (Å²) in [5.41, 5.74) is 8.38. The molecule has 6 heteroatoms. The molecule has 0 saturated heterocycles. The molecule has 0 aliphatic rings. The number of nitrogens with zero attached hydrogens (tertiary/aromatic N) is 1. The minimum Gasteiger partial charge on any atom is -0.399 e. The van der Waals surface area contributed by atoms with Gasteiger partial charge in [0.05, 0.1) is 10.6 Å². The summed E-state index contributed by atoms with van der Waals surface area (Å²) < 4.78 is 0. The first-order valence-electron chi connectivity index (χ1n) is 5.98. The molecule has 0 aliphatic heterocycles. The van der Waals surface area contributed by atoms with Crippen molar-refractivity contribution in [2.45, 2.75) is 13.8 Å². The maximum atomic E-state index is 11.4. The number of carbonyl (C=O) groups is 1. The van der Waals surface area contributed by atoms with E-state index in [1.165, 1.54) is 11.3 Å². The number of aryl methyl sites for hydroxylation is 1. The Labute approximate surface area is 115 Å². The van der Waals surface area contributed by atoms with Crippen LogP contribution < -0.4 is 16.4 Å². The van der Waals surface area contributed by atoms with E-state index in [4.69, 9.17) is 5.73 Å². The Bertz CT molecular complexity index is 594. The average Bonchev–Trinajstić information content (AvgIpc) is 2.70. The van der Waals surface area contributed by atoms with Gasteiger partial charge in [-0.1, -0.05) is 23.5 Å². The lowest BCUT2D eigenvalue weighted by Gasteiger charge is -2.01. The Balaban J connectivity index is 2.24. The number of aromatic nitrogens is 1. The second-order valence-electron chi connectivity index (χ2n) is 4.04. The Kier molecular flexibility index (Phi) is 4.01. The second-order valence-corrected chi connectivity index (χ2v) is 5.04. The molecule has 1 aromatic heterocycles. The standard InChI is InChI=1S/C13H16N4OS/c1-3-15-12(18)17-13-16-8(2)11(19-13)9-5-4-6-10(14)7-9/h4-7H,3,14H2,1-2H3,(H2,15,16,17,18). The third-order valence-electron chi connectivity index (χ3n) is 2.50. The summed E-state index contributed by atoms with van der Waals surface area (Å²) in [5.74, 6) is 0. The minimum atomic E-state index is -0.240. The Morgan fingerprint density at radius 1 is 1.47 bits per heavy atom. The molecule has 5 nitrogen and oxygen atoms in total. The molecule has 0 aliphatic carbocycles. The molecule has 4 N–H and O–H groups in total. The summed E-state index contributed by atoms with van der Waals surface area (Å²) in [4.78, 5) is 16.8. The van der Waals surface area contributed by atoms with Crippen LogP contribution >= 0.6 is 11.3 Å². The lowest BCUT2D eigenvalue weighted by atomic mass is 10.1. The van der Waals surface area contributed by atoms with Crippen LogP contribution in [0.2, 0.25) is 0 Å². The molecule has 0 spiro atoms. The number of amides is 2. The van der Waals surface area contributed by atoms with E-state index in [-0.39, 0.29) is 6.03 Å². The van der Waals surface area contributed by atoms with Crippen LogP contribution in [0.15, 0.2) is 24.3 Å². The number of urea groups is 1. The van der Waals surface area contributed by atoms with Crippen LogP contribution in [-0.2, 0) is 0 Å². The summed E-state index contributed by atoms with van der Waals surface area (Å²) in [7, 11) is 0. The number of nitrogen functional groups attached to an aromatic ring is 1. The number of hydrogen-bond acceptors (Lipinski definition) is 4. The van der Waals surface area contributed by atoms with Gasteiger partial charge in [0.15, 0.2) is 5.13 Å². The van der Waals surface area contributed by atoms with Crippen molar-refractivity contribution in [3.05, 3.63) is 30.0 Å². The van der Waals surface area contributed by atoms with Gasteiger partial charge < -0.3 is 11.1 Å². The van der Waals surface area contributed by atoms with Crippen LogP contribution in [0.3, 0.4) is 0 Å². The monoisotopic (exact) mass is 276 g/mol. The van der Waals surface area contributed by atoms with E-state index < -0.39 is 0 Å². The molecule has 1 aromatic carbocycles. The number of nitrogens with two attached hydrogens (primary N) is 1. The predicted molar refractivity (Wildman–Crippen MR) is 79.4 cm³/mol. The lowest BCUT2D eigenvalue weighted by Crippen LogP contribution is -2.28. The largest absolute Gasteiger partial charge is 0.399 e. The number of anilines is 2. The highest BCUT2D eigenvalue weighted by Crippen LogP contribution is 2.33. The van der Waals surface area contributed by atoms with Gasteiger partial charge in [0, 0.05) is 12.2 Å². The minimum absolute atomic E-state index is 0.240. The molecule has 2 aromatic rings. The van der Waals surface area contributed by atoms with Gasteiger partial charge in [0.25, 0.3) is 0 Å². The summed E-state index contributed by atoms with van der Waals surface area (Å²) in [6, 6.07) is 7.38. The van der Waals surface area contributed by atoms with Gasteiger partial charge in [-0.15, -0.1) is 0 Å². The summed E-state index contributed by atoms with van der Waals surface area (Å²) >= 11 is 1.44. The Hall–Kier alpha value is -2.08. The maximum absolute atomic E-state index is 11.4. The van der Waals surface area contributed by atoms with Crippen LogP contribution in [-0.4, -0.2) is 17.6 Å². The van der Waals surface area contributed by atoms with Gasteiger partial charge in [-0.25, -0.2) is 9.78 Å². The highest BCUT2D eigenvalue weighted by atomic mass is 32.1. The molecule has 100 valence electrons. The van der Waals surface area contributed by atoms with Crippen molar-refractivity contribution in [2.24, 2.45) is 0 Å². The predicted octanol–water partition coefficient (Wildman–Crippen LogP) is 2.84. The van der Waals surface area contributed by atoms with Crippen molar-refractivity contribution in [1.82, 2.24) is 10.3 Å². The molecule has 1 heterocycles. The first kappa shape index (κ1) is 13.4. The van der Waals surface area contributed by atoms with Crippen molar-refractivity contribution < 1.29 is 4.79 Å². The number of rotatable bonds is 3. The Morgan fingerprint density at radius 3 is 2.95 bits per heavy atom. The second kappa shape index (κ2) is 5.71. The fourth-order valence-electron chi connectivity index (χ4n) is 1.70. The van der Waals surface area contributed by atoms with Gasteiger partial charge in [-0.2, -0.15) is 0 Å². The Morgan fingerprint density at radius 2 is 2.26 bits per heavy atom.